The minimum absolute atomic E-state index is 0.0382. The Labute approximate surface area is 145 Å². The van der Waals surface area contributed by atoms with E-state index in [0.29, 0.717) is 11.2 Å². The lowest BCUT2D eigenvalue weighted by Crippen LogP contribution is -2.22. The van der Waals surface area contributed by atoms with Crippen molar-refractivity contribution >= 4 is 21.6 Å². The number of pyridine rings is 1. The summed E-state index contributed by atoms with van der Waals surface area (Å²) in [5.74, 6) is -0.565. The van der Waals surface area contributed by atoms with Crippen LogP contribution in [0.2, 0.25) is 0 Å². The summed E-state index contributed by atoms with van der Waals surface area (Å²) < 4.78 is 32.4. The molecule has 0 fully saturated rings. The largest absolute Gasteiger partial charge is 0.456 e. The van der Waals surface area contributed by atoms with Crippen LogP contribution in [0.1, 0.15) is 16.1 Å². The van der Waals surface area contributed by atoms with Gasteiger partial charge in [0.2, 0.25) is 10.0 Å². The van der Waals surface area contributed by atoms with Crippen LogP contribution < -0.4 is 0 Å². The van der Waals surface area contributed by atoms with Crippen LogP contribution >= 0.6 is 0 Å². The van der Waals surface area contributed by atoms with Crippen molar-refractivity contribution in [2.24, 2.45) is 0 Å². The van der Waals surface area contributed by atoms with Crippen LogP contribution in [0.15, 0.2) is 59.8 Å². The summed E-state index contributed by atoms with van der Waals surface area (Å²) in [6.45, 7) is -0.0382. The van der Waals surface area contributed by atoms with Gasteiger partial charge in [0.1, 0.15) is 12.3 Å². The van der Waals surface area contributed by atoms with Gasteiger partial charge < -0.3 is 9.14 Å². The lowest BCUT2D eigenvalue weighted by Gasteiger charge is -2.12. The lowest BCUT2D eigenvalue weighted by molar-refractivity contribution is 0.0466. The van der Waals surface area contributed by atoms with E-state index < -0.39 is 16.0 Å². The van der Waals surface area contributed by atoms with Gasteiger partial charge in [-0.3, -0.25) is 0 Å². The van der Waals surface area contributed by atoms with Crippen LogP contribution in [-0.4, -0.2) is 42.2 Å². The second-order valence-corrected chi connectivity index (χ2v) is 7.76. The normalized spacial score (nSPS) is 11.8. The van der Waals surface area contributed by atoms with E-state index in [2.05, 4.69) is 4.98 Å². The number of hydrogen-bond donors (Lipinski definition) is 0. The minimum atomic E-state index is -3.53. The van der Waals surface area contributed by atoms with Crippen LogP contribution in [-0.2, 0) is 21.4 Å². The smallest absolute Gasteiger partial charge is 0.358 e. The van der Waals surface area contributed by atoms with Crippen LogP contribution in [0.4, 0.5) is 0 Å². The molecule has 0 saturated heterocycles. The average Bonchev–Trinajstić information content (AvgIpc) is 3.04. The fraction of sp³-hybridized carbons (Fsp3) is 0.176. The van der Waals surface area contributed by atoms with Crippen LogP contribution in [0.25, 0.3) is 5.65 Å². The fourth-order valence-electron chi connectivity index (χ4n) is 2.26. The van der Waals surface area contributed by atoms with Crippen LogP contribution in [0, 0.1) is 0 Å². The molecule has 0 aliphatic heterocycles. The fourth-order valence-corrected chi connectivity index (χ4v) is 3.23. The van der Waals surface area contributed by atoms with Crippen molar-refractivity contribution in [2.45, 2.75) is 11.5 Å². The number of imidazole rings is 1. The van der Waals surface area contributed by atoms with Crippen LogP contribution in [0.3, 0.4) is 0 Å². The molecule has 0 atom stereocenters. The molecule has 2 heterocycles. The van der Waals surface area contributed by atoms with Crippen LogP contribution in [0.5, 0.6) is 0 Å². The summed E-state index contributed by atoms with van der Waals surface area (Å²) in [5, 5.41) is 0. The summed E-state index contributed by atoms with van der Waals surface area (Å²) in [6, 6.07) is 11.8. The molecule has 0 saturated carbocycles. The molecule has 0 bridgehead atoms. The van der Waals surface area contributed by atoms with Gasteiger partial charge in [0.15, 0.2) is 5.69 Å². The molecule has 7 nitrogen and oxygen atoms in total. The van der Waals surface area contributed by atoms with Crippen molar-refractivity contribution in [1.29, 1.82) is 0 Å². The highest BCUT2D eigenvalue weighted by molar-refractivity contribution is 7.89. The van der Waals surface area contributed by atoms with Crippen molar-refractivity contribution in [3.63, 3.8) is 0 Å². The molecule has 3 rings (SSSR count). The van der Waals surface area contributed by atoms with E-state index in [-0.39, 0.29) is 17.2 Å². The number of hydrogen-bond acceptors (Lipinski definition) is 5. The SMILES string of the molecule is CN(C)S(=O)(=O)c1cccc(COC(=O)c2cn3ccccc3n2)c1. The molecule has 8 heteroatoms. The molecule has 0 aliphatic carbocycles. The van der Waals surface area contributed by atoms with Gasteiger partial charge in [0.25, 0.3) is 0 Å². The van der Waals surface area contributed by atoms with E-state index in [1.165, 1.54) is 26.2 Å². The van der Waals surface area contributed by atoms with E-state index in [9.17, 15) is 13.2 Å². The third-order valence-electron chi connectivity index (χ3n) is 3.62. The van der Waals surface area contributed by atoms with E-state index in [0.717, 1.165) is 4.31 Å². The van der Waals surface area contributed by atoms with Gasteiger partial charge in [-0.05, 0) is 29.8 Å². The monoisotopic (exact) mass is 359 g/mol. The summed E-state index contributed by atoms with van der Waals surface area (Å²) in [7, 11) is -0.603. The molecule has 1 aromatic carbocycles. The molecule has 0 unspecified atom stereocenters. The Morgan fingerprint density at radius 1 is 1.20 bits per heavy atom. The van der Waals surface area contributed by atoms with E-state index in [4.69, 9.17) is 4.74 Å². The molecular formula is C17H17N3O4S. The van der Waals surface area contributed by atoms with Gasteiger partial charge in [0, 0.05) is 26.5 Å². The van der Waals surface area contributed by atoms with Crippen molar-refractivity contribution in [2.75, 3.05) is 14.1 Å². The maximum atomic E-state index is 12.2. The maximum absolute atomic E-state index is 12.2. The highest BCUT2D eigenvalue weighted by atomic mass is 32.2. The first-order valence-corrected chi connectivity index (χ1v) is 8.94. The topological polar surface area (TPSA) is 81.0 Å². The lowest BCUT2D eigenvalue weighted by atomic mass is 10.2. The first kappa shape index (κ1) is 17.1. The second-order valence-electron chi connectivity index (χ2n) is 5.60. The summed E-state index contributed by atoms with van der Waals surface area (Å²) in [4.78, 5) is 16.5. The molecule has 2 aromatic heterocycles. The highest BCUT2D eigenvalue weighted by Gasteiger charge is 2.18. The zero-order chi connectivity index (χ0) is 18.0. The molecule has 0 radical (unpaired) electrons. The Morgan fingerprint density at radius 3 is 2.72 bits per heavy atom. The van der Waals surface area contributed by atoms with Crippen molar-refractivity contribution in [1.82, 2.24) is 13.7 Å². The highest BCUT2D eigenvalue weighted by Crippen LogP contribution is 2.16. The number of ether oxygens (including phenoxy) is 1. The van der Waals surface area contributed by atoms with Gasteiger partial charge >= 0.3 is 5.97 Å². The Bertz CT molecular complexity index is 992. The van der Waals surface area contributed by atoms with Crippen molar-refractivity contribution < 1.29 is 17.9 Å². The summed E-state index contributed by atoms with van der Waals surface area (Å²) in [5.41, 5.74) is 1.43. The molecule has 3 aromatic rings. The number of nitrogens with zero attached hydrogens (tertiary/aromatic N) is 3. The average molecular weight is 359 g/mol. The zero-order valence-corrected chi connectivity index (χ0v) is 14.6. The molecular weight excluding hydrogens is 342 g/mol. The third-order valence-corrected chi connectivity index (χ3v) is 5.43. The predicted octanol–water partition coefficient (Wildman–Crippen LogP) is 1.94. The number of sulfonamides is 1. The zero-order valence-electron chi connectivity index (χ0n) is 13.8. The molecule has 25 heavy (non-hydrogen) atoms. The second kappa shape index (κ2) is 6.66. The maximum Gasteiger partial charge on any atom is 0.358 e. The Balaban J connectivity index is 1.74. The van der Waals surface area contributed by atoms with Crippen molar-refractivity contribution in [3.8, 4) is 0 Å². The number of aromatic nitrogens is 2. The number of carbonyl (C=O) groups is 1. The summed E-state index contributed by atoms with van der Waals surface area (Å²) >= 11 is 0. The van der Waals surface area contributed by atoms with Gasteiger partial charge in [-0.25, -0.2) is 22.5 Å². The number of carbonyl (C=O) groups excluding carboxylic acids is 1. The Morgan fingerprint density at radius 2 is 2.00 bits per heavy atom. The standard InChI is InChI=1S/C17H17N3O4S/c1-19(2)25(22,23)14-7-5-6-13(10-14)12-24-17(21)15-11-20-9-4-3-8-16(20)18-15/h3-11H,12H2,1-2H3. The quantitative estimate of drug-likeness (QED) is 0.650. The molecule has 0 N–H and O–H groups in total. The molecule has 0 aliphatic rings. The first-order valence-electron chi connectivity index (χ1n) is 7.50. The van der Waals surface area contributed by atoms with Gasteiger partial charge in [-0.1, -0.05) is 18.2 Å². The van der Waals surface area contributed by atoms with Gasteiger partial charge in [0.05, 0.1) is 4.90 Å². The van der Waals surface area contributed by atoms with Gasteiger partial charge in [-0.2, -0.15) is 0 Å². The minimum Gasteiger partial charge on any atom is -0.456 e. The number of benzene rings is 1. The number of rotatable bonds is 5. The molecule has 0 spiro atoms. The van der Waals surface area contributed by atoms with Crippen molar-refractivity contribution in [3.05, 3.63) is 66.1 Å². The number of fused-ring (bicyclic) bond motifs is 1. The van der Waals surface area contributed by atoms with E-state index in [1.54, 1.807) is 35.0 Å². The third kappa shape index (κ3) is 3.54. The summed E-state index contributed by atoms with van der Waals surface area (Å²) in [6.07, 6.45) is 3.37. The van der Waals surface area contributed by atoms with E-state index >= 15 is 0 Å². The molecule has 0 amide bonds. The molecule has 130 valence electrons. The first-order chi connectivity index (χ1) is 11.9. The Kier molecular flexibility index (Phi) is 4.56. The Hall–Kier alpha value is -2.71. The van der Waals surface area contributed by atoms with Gasteiger partial charge in [-0.15, -0.1) is 0 Å². The number of esters is 1. The predicted molar refractivity (Wildman–Crippen MR) is 91.6 cm³/mol. The van der Waals surface area contributed by atoms with E-state index in [1.807, 2.05) is 12.1 Å².